The molecule has 62 heavy (non-hydrogen) atoms. The molecule has 1 aromatic heterocycles. The first-order chi connectivity index (χ1) is 30.8. The van der Waals surface area contributed by atoms with Gasteiger partial charge in [0.2, 0.25) is 0 Å². The minimum absolute atomic E-state index is 0.0779. The van der Waals surface area contributed by atoms with Crippen LogP contribution >= 0.6 is 0 Å². The summed E-state index contributed by atoms with van der Waals surface area (Å²) in [6.45, 7) is 0. The van der Waals surface area contributed by atoms with Crippen LogP contribution < -0.4 is 0 Å². The standard InChI is InChI=1S/C61H39N/c1-5-17-39(18-6-1)43-29-31-47(53(33-43)41-21-9-3-10-22-41)45-35-55-49-25-13-15-27-51(49)59-52-28-16-14-26-50(52)56-36-46(38-58-57(37-45)60(55)62(59)61(56)58)48-32-30-44(40-19-7-2-8-20-40)34-54(48)42-23-11-4-12-24-42/h1-38,59H. The van der Waals surface area contributed by atoms with E-state index in [2.05, 4.69) is 235 Å². The molecule has 13 rings (SSSR count). The first kappa shape index (κ1) is 34.8. The van der Waals surface area contributed by atoms with Gasteiger partial charge < -0.3 is 4.57 Å². The topological polar surface area (TPSA) is 4.93 Å². The fourth-order valence-corrected chi connectivity index (χ4v) is 10.6. The van der Waals surface area contributed by atoms with Gasteiger partial charge in [-0.15, -0.1) is 0 Å². The summed E-state index contributed by atoms with van der Waals surface area (Å²) in [5.74, 6) is 0. The van der Waals surface area contributed by atoms with Gasteiger partial charge in [0.05, 0.1) is 17.1 Å². The predicted molar refractivity (Wildman–Crippen MR) is 260 cm³/mol. The number of fused-ring (bicyclic) bond motifs is 7. The SMILES string of the molecule is c1ccc(-c2ccc(-c3cc4c5c(c3)c3cc(-c6ccc(-c7ccccc7)cc6-c6ccccc6)cc6c3n5C(c3ccccc3-4)c3ccccc3-6)c(-c3ccccc3)c2)cc1. The van der Waals surface area contributed by atoms with Crippen molar-refractivity contribution in [3.63, 3.8) is 0 Å². The van der Waals surface area contributed by atoms with Crippen LogP contribution in [-0.2, 0) is 0 Å². The van der Waals surface area contributed by atoms with E-state index in [4.69, 9.17) is 0 Å². The van der Waals surface area contributed by atoms with Crippen LogP contribution in [0.1, 0.15) is 17.2 Å². The Balaban J connectivity index is 1.13. The van der Waals surface area contributed by atoms with Gasteiger partial charge in [0, 0.05) is 21.9 Å². The van der Waals surface area contributed by atoms with Gasteiger partial charge in [0.1, 0.15) is 0 Å². The van der Waals surface area contributed by atoms with Crippen molar-refractivity contribution in [2.45, 2.75) is 6.04 Å². The number of benzene rings is 10. The van der Waals surface area contributed by atoms with Crippen molar-refractivity contribution in [2.24, 2.45) is 0 Å². The average Bonchev–Trinajstić information content (AvgIpc) is 3.69. The number of aromatic nitrogens is 1. The third-order valence-corrected chi connectivity index (χ3v) is 13.4. The molecule has 0 N–H and O–H groups in total. The van der Waals surface area contributed by atoms with E-state index in [0.717, 1.165) is 0 Å². The Hall–Kier alpha value is -8.00. The molecule has 2 aliphatic heterocycles. The van der Waals surface area contributed by atoms with Crippen LogP contribution in [0.25, 0.3) is 111 Å². The molecule has 10 aromatic carbocycles. The lowest BCUT2D eigenvalue weighted by Gasteiger charge is -2.35. The molecule has 0 bridgehead atoms. The Morgan fingerprint density at radius 2 is 0.581 bits per heavy atom. The minimum atomic E-state index is 0.0779. The van der Waals surface area contributed by atoms with Crippen LogP contribution in [0.15, 0.2) is 231 Å². The first-order valence-electron chi connectivity index (χ1n) is 21.6. The molecule has 0 fully saturated rings. The van der Waals surface area contributed by atoms with Crippen molar-refractivity contribution in [3.8, 4) is 89.0 Å². The van der Waals surface area contributed by atoms with Crippen molar-refractivity contribution >= 4 is 21.8 Å². The average molecular weight is 786 g/mol. The zero-order valence-corrected chi connectivity index (χ0v) is 34.0. The van der Waals surface area contributed by atoms with Crippen molar-refractivity contribution in [2.75, 3.05) is 0 Å². The molecule has 1 heteroatoms. The van der Waals surface area contributed by atoms with Crippen molar-refractivity contribution < 1.29 is 0 Å². The Bertz CT molecular complexity index is 3310. The largest absolute Gasteiger partial charge is 0.328 e. The molecule has 0 saturated carbocycles. The third kappa shape index (κ3) is 5.28. The van der Waals surface area contributed by atoms with Gasteiger partial charge in [-0.25, -0.2) is 0 Å². The summed E-state index contributed by atoms with van der Waals surface area (Å²) < 4.78 is 2.68. The van der Waals surface area contributed by atoms with Crippen molar-refractivity contribution in [3.05, 3.63) is 242 Å². The van der Waals surface area contributed by atoms with Crippen LogP contribution in [0, 0.1) is 0 Å². The highest BCUT2D eigenvalue weighted by Crippen LogP contribution is 2.56. The highest BCUT2D eigenvalue weighted by Gasteiger charge is 2.37. The second-order valence-electron chi connectivity index (χ2n) is 16.8. The fourth-order valence-electron chi connectivity index (χ4n) is 10.6. The maximum atomic E-state index is 2.68. The highest BCUT2D eigenvalue weighted by molar-refractivity contribution is 6.21. The zero-order chi connectivity index (χ0) is 40.7. The number of rotatable bonds is 6. The molecular formula is C61H39N. The smallest absolute Gasteiger partial charge is 0.0857 e. The summed E-state index contributed by atoms with van der Waals surface area (Å²) in [5, 5.41) is 2.58. The quantitative estimate of drug-likeness (QED) is 0.158. The maximum Gasteiger partial charge on any atom is 0.0857 e. The normalized spacial score (nSPS) is 12.5. The van der Waals surface area contributed by atoms with Gasteiger partial charge >= 0.3 is 0 Å². The van der Waals surface area contributed by atoms with E-state index in [1.54, 1.807) is 0 Å². The third-order valence-electron chi connectivity index (χ3n) is 13.4. The number of hydrogen-bond acceptors (Lipinski definition) is 0. The zero-order valence-electron chi connectivity index (χ0n) is 34.0. The molecule has 11 aromatic rings. The molecule has 0 saturated heterocycles. The van der Waals surface area contributed by atoms with E-state index >= 15 is 0 Å². The molecule has 2 aliphatic rings. The lowest BCUT2D eigenvalue weighted by atomic mass is 9.81. The summed E-state index contributed by atoms with van der Waals surface area (Å²) in [5.41, 5.74) is 25.2. The number of nitrogens with zero attached hydrogens (tertiary/aromatic N) is 1. The van der Waals surface area contributed by atoms with Gasteiger partial charge in [-0.1, -0.05) is 194 Å². The first-order valence-corrected chi connectivity index (χ1v) is 21.6. The van der Waals surface area contributed by atoms with Gasteiger partial charge in [0.25, 0.3) is 0 Å². The van der Waals surface area contributed by atoms with Crippen LogP contribution in [0.3, 0.4) is 0 Å². The lowest BCUT2D eigenvalue weighted by molar-refractivity contribution is 0.717. The second-order valence-corrected chi connectivity index (χ2v) is 16.8. The summed E-state index contributed by atoms with van der Waals surface area (Å²) in [6.07, 6.45) is 0. The molecule has 0 amide bonds. The summed E-state index contributed by atoms with van der Waals surface area (Å²) in [4.78, 5) is 0. The second kappa shape index (κ2) is 13.8. The fraction of sp³-hybridized carbons (Fsp3) is 0.0164. The van der Waals surface area contributed by atoms with E-state index < -0.39 is 0 Å². The molecule has 0 atom stereocenters. The van der Waals surface area contributed by atoms with Gasteiger partial charge in [-0.3, -0.25) is 0 Å². The van der Waals surface area contributed by atoms with E-state index in [9.17, 15) is 0 Å². The molecule has 0 radical (unpaired) electrons. The van der Waals surface area contributed by atoms with Crippen LogP contribution in [-0.4, -0.2) is 4.57 Å². The predicted octanol–water partition coefficient (Wildman–Crippen LogP) is 16.4. The Morgan fingerprint density at radius 1 is 0.226 bits per heavy atom. The van der Waals surface area contributed by atoms with Crippen molar-refractivity contribution in [1.29, 1.82) is 0 Å². The van der Waals surface area contributed by atoms with E-state index in [1.807, 2.05) is 0 Å². The molecule has 0 spiro atoms. The van der Waals surface area contributed by atoms with Gasteiger partial charge in [-0.05, 0) is 125 Å². The summed E-state index contributed by atoms with van der Waals surface area (Å²) in [7, 11) is 0. The molecular weight excluding hydrogens is 747 g/mol. The minimum Gasteiger partial charge on any atom is -0.328 e. The van der Waals surface area contributed by atoms with Crippen LogP contribution in [0.5, 0.6) is 0 Å². The monoisotopic (exact) mass is 785 g/mol. The molecule has 1 nitrogen and oxygen atoms in total. The lowest BCUT2D eigenvalue weighted by Crippen LogP contribution is -2.20. The maximum absolute atomic E-state index is 2.68. The van der Waals surface area contributed by atoms with Gasteiger partial charge in [0.15, 0.2) is 0 Å². The molecule has 3 heterocycles. The summed E-state index contributed by atoms with van der Waals surface area (Å²) >= 11 is 0. The molecule has 0 unspecified atom stereocenters. The molecule has 288 valence electrons. The Morgan fingerprint density at radius 3 is 1.00 bits per heavy atom. The Kier molecular flexibility index (Phi) is 7.74. The summed E-state index contributed by atoms with van der Waals surface area (Å²) in [6, 6.07) is 85.6. The van der Waals surface area contributed by atoms with Crippen LogP contribution in [0.2, 0.25) is 0 Å². The van der Waals surface area contributed by atoms with E-state index in [-0.39, 0.29) is 6.04 Å². The van der Waals surface area contributed by atoms with E-state index in [1.165, 1.54) is 122 Å². The van der Waals surface area contributed by atoms with Crippen molar-refractivity contribution in [1.82, 2.24) is 4.57 Å². The number of hydrogen-bond donors (Lipinski definition) is 0. The highest BCUT2D eigenvalue weighted by atomic mass is 15.0. The van der Waals surface area contributed by atoms with Crippen LogP contribution in [0.4, 0.5) is 0 Å². The van der Waals surface area contributed by atoms with Gasteiger partial charge in [-0.2, -0.15) is 0 Å². The Labute approximate surface area is 361 Å². The van der Waals surface area contributed by atoms with E-state index in [0.29, 0.717) is 0 Å². The molecule has 0 aliphatic carbocycles.